The lowest BCUT2D eigenvalue weighted by atomic mass is 10.1. The largest absolute Gasteiger partial charge is 0.353 e. The van der Waals surface area contributed by atoms with Crippen molar-refractivity contribution in [3.05, 3.63) is 48.2 Å². The summed E-state index contributed by atoms with van der Waals surface area (Å²) in [5.74, 6) is 0.0356. The number of hydrogen-bond acceptors (Lipinski definition) is 4. The van der Waals surface area contributed by atoms with Crippen LogP contribution in [0.15, 0.2) is 42.6 Å². The summed E-state index contributed by atoms with van der Waals surface area (Å²) in [6.07, 6.45) is 2.62. The van der Waals surface area contributed by atoms with Crippen molar-refractivity contribution in [2.24, 2.45) is 0 Å². The summed E-state index contributed by atoms with van der Waals surface area (Å²) in [6.45, 7) is 3.44. The molecule has 0 bridgehead atoms. The van der Waals surface area contributed by atoms with E-state index in [-0.39, 0.29) is 5.91 Å². The van der Waals surface area contributed by atoms with E-state index in [0.29, 0.717) is 11.2 Å². The van der Waals surface area contributed by atoms with Gasteiger partial charge in [0.2, 0.25) is 0 Å². The maximum absolute atomic E-state index is 13.0. The highest BCUT2D eigenvalue weighted by molar-refractivity contribution is 6.00. The fraction of sp³-hybridized carbons (Fsp3) is 0.286. The summed E-state index contributed by atoms with van der Waals surface area (Å²) < 4.78 is 0. The number of rotatable bonds is 2. The van der Waals surface area contributed by atoms with Gasteiger partial charge < -0.3 is 14.8 Å². The zero-order chi connectivity index (χ0) is 19.1. The van der Waals surface area contributed by atoms with Gasteiger partial charge in [-0.1, -0.05) is 18.2 Å². The molecule has 0 saturated carbocycles. The third kappa shape index (κ3) is 2.93. The molecule has 1 aromatic carbocycles. The SMILES string of the molecule is CN1CCCN(C(=O)c2cnc3n[nH]c(-c4cc5ccccc5[nH]4)c3c2)CC1. The summed E-state index contributed by atoms with van der Waals surface area (Å²) in [5.41, 5.74) is 4.07. The van der Waals surface area contributed by atoms with Gasteiger partial charge in [0.25, 0.3) is 5.91 Å². The number of likely N-dealkylation sites (N-methyl/N-ethyl adjacent to an activating group) is 1. The Morgan fingerprint density at radius 1 is 1.11 bits per heavy atom. The van der Waals surface area contributed by atoms with Crippen LogP contribution in [0.25, 0.3) is 33.3 Å². The number of aromatic nitrogens is 4. The standard InChI is InChI=1S/C21H22N6O/c1-26-7-4-8-27(10-9-26)21(28)15-11-16-19(24-25-20(16)22-13-15)18-12-14-5-2-3-6-17(14)23-18/h2-3,5-6,11-13,23H,4,7-10H2,1H3,(H,22,24,25). The molecule has 0 atom stereocenters. The second-order valence-corrected chi connectivity index (χ2v) is 7.41. The number of nitrogens with zero attached hydrogens (tertiary/aromatic N) is 4. The molecular formula is C21H22N6O. The molecule has 0 aliphatic carbocycles. The molecule has 7 nitrogen and oxygen atoms in total. The first-order chi connectivity index (χ1) is 13.7. The van der Waals surface area contributed by atoms with Crippen LogP contribution in [0.4, 0.5) is 0 Å². The topological polar surface area (TPSA) is 80.9 Å². The number of aromatic amines is 2. The van der Waals surface area contributed by atoms with Crippen LogP contribution in [-0.2, 0) is 0 Å². The lowest BCUT2D eigenvalue weighted by Crippen LogP contribution is -2.34. The summed E-state index contributed by atoms with van der Waals surface area (Å²) >= 11 is 0. The van der Waals surface area contributed by atoms with E-state index in [9.17, 15) is 4.79 Å². The van der Waals surface area contributed by atoms with Crippen molar-refractivity contribution in [1.29, 1.82) is 0 Å². The van der Waals surface area contributed by atoms with Gasteiger partial charge in [-0.2, -0.15) is 5.10 Å². The molecule has 1 aliphatic rings. The van der Waals surface area contributed by atoms with Crippen molar-refractivity contribution >= 4 is 27.8 Å². The predicted molar refractivity (Wildman–Crippen MR) is 109 cm³/mol. The van der Waals surface area contributed by atoms with Crippen LogP contribution in [0, 0.1) is 0 Å². The average Bonchev–Trinajstić information content (AvgIpc) is 3.26. The third-order valence-electron chi connectivity index (χ3n) is 5.46. The number of carbonyl (C=O) groups excluding carboxylic acids is 1. The molecule has 28 heavy (non-hydrogen) atoms. The fourth-order valence-electron chi connectivity index (χ4n) is 3.86. The first-order valence-corrected chi connectivity index (χ1v) is 9.59. The molecule has 0 radical (unpaired) electrons. The summed E-state index contributed by atoms with van der Waals surface area (Å²) in [6, 6.07) is 12.1. The molecule has 1 fully saturated rings. The van der Waals surface area contributed by atoms with Gasteiger partial charge in [0.15, 0.2) is 5.65 Å². The van der Waals surface area contributed by atoms with Gasteiger partial charge in [-0.15, -0.1) is 0 Å². The zero-order valence-corrected chi connectivity index (χ0v) is 15.8. The normalized spacial score (nSPS) is 16.0. The van der Waals surface area contributed by atoms with Crippen molar-refractivity contribution < 1.29 is 4.79 Å². The number of fused-ring (bicyclic) bond motifs is 2. The van der Waals surface area contributed by atoms with Crippen LogP contribution in [0.1, 0.15) is 16.8 Å². The summed E-state index contributed by atoms with van der Waals surface area (Å²) in [7, 11) is 2.10. The second kappa shape index (κ2) is 6.76. The quantitative estimate of drug-likeness (QED) is 0.565. The number of amides is 1. The molecule has 3 aromatic heterocycles. The number of hydrogen-bond donors (Lipinski definition) is 2. The molecule has 1 aliphatic heterocycles. The lowest BCUT2D eigenvalue weighted by molar-refractivity contribution is 0.0762. The van der Waals surface area contributed by atoms with Gasteiger partial charge in [0, 0.05) is 42.1 Å². The molecule has 4 heterocycles. The molecule has 1 saturated heterocycles. The molecule has 4 aromatic rings. The second-order valence-electron chi connectivity index (χ2n) is 7.41. The first-order valence-electron chi connectivity index (χ1n) is 9.59. The number of benzene rings is 1. The van der Waals surface area contributed by atoms with Gasteiger partial charge in [-0.3, -0.25) is 9.89 Å². The van der Waals surface area contributed by atoms with Crippen molar-refractivity contribution in [3.8, 4) is 11.4 Å². The van der Waals surface area contributed by atoms with Crippen LogP contribution in [-0.4, -0.2) is 69.1 Å². The number of H-pyrrole nitrogens is 2. The minimum atomic E-state index is 0.0356. The minimum absolute atomic E-state index is 0.0356. The van der Waals surface area contributed by atoms with Crippen LogP contribution < -0.4 is 0 Å². The van der Waals surface area contributed by atoms with Crippen molar-refractivity contribution in [2.75, 3.05) is 33.2 Å². The predicted octanol–water partition coefficient (Wildman–Crippen LogP) is 2.88. The van der Waals surface area contributed by atoms with E-state index in [1.807, 2.05) is 29.2 Å². The molecule has 0 unspecified atom stereocenters. The Morgan fingerprint density at radius 3 is 2.89 bits per heavy atom. The lowest BCUT2D eigenvalue weighted by Gasteiger charge is -2.20. The van der Waals surface area contributed by atoms with Crippen molar-refractivity contribution in [3.63, 3.8) is 0 Å². The van der Waals surface area contributed by atoms with E-state index in [2.05, 4.69) is 44.2 Å². The summed E-state index contributed by atoms with van der Waals surface area (Å²) in [5, 5.41) is 9.38. The minimum Gasteiger partial charge on any atom is -0.353 e. The number of para-hydroxylation sites is 1. The Hall–Kier alpha value is -3.19. The Bertz CT molecular complexity index is 1130. The Morgan fingerprint density at radius 2 is 2.00 bits per heavy atom. The molecule has 142 valence electrons. The molecule has 5 rings (SSSR count). The number of pyridine rings is 1. The van der Waals surface area contributed by atoms with E-state index in [4.69, 9.17) is 0 Å². The summed E-state index contributed by atoms with van der Waals surface area (Å²) in [4.78, 5) is 25.1. The van der Waals surface area contributed by atoms with Crippen LogP contribution >= 0.6 is 0 Å². The highest BCUT2D eigenvalue weighted by atomic mass is 16.2. The van der Waals surface area contributed by atoms with Crippen molar-refractivity contribution in [1.82, 2.24) is 30.0 Å². The number of carbonyl (C=O) groups is 1. The maximum Gasteiger partial charge on any atom is 0.255 e. The van der Waals surface area contributed by atoms with Crippen LogP contribution in [0.3, 0.4) is 0 Å². The van der Waals surface area contributed by atoms with Gasteiger partial charge in [0.05, 0.1) is 17.0 Å². The smallest absolute Gasteiger partial charge is 0.255 e. The highest BCUT2D eigenvalue weighted by Crippen LogP contribution is 2.28. The Balaban J connectivity index is 1.52. The fourth-order valence-corrected chi connectivity index (χ4v) is 3.86. The highest BCUT2D eigenvalue weighted by Gasteiger charge is 2.21. The molecular weight excluding hydrogens is 352 g/mol. The van der Waals surface area contributed by atoms with E-state index >= 15 is 0 Å². The molecule has 2 N–H and O–H groups in total. The molecule has 0 spiro atoms. The van der Waals surface area contributed by atoms with Crippen LogP contribution in [0.2, 0.25) is 0 Å². The van der Waals surface area contributed by atoms with E-state index in [0.717, 1.165) is 60.3 Å². The van der Waals surface area contributed by atoms with E-state index in [1.54, 1.807) is 6.20 Å². The third-order valence-corrected chi connectivity index (χ3v) is 5.46. The van der Waals surface area contributed by atoms with Crippen LogP contribution in [0.5, 0.6) is 0 Å². The average molecular weight is 374 g/mol. The van der Waals surface area contributed by atoms with Gasteiger partial charge in [-0.05, 0) is 38.2 Å². The Labute approximate surface area is 162 Å². The van der Waals surface area contributed by atoms with E-state index in [1.165, 1.54) is 0 Å². The van der Waals surface area contributed by atoms with Crippen molar-refractivity contribution in [2.45, 2.75) is 6.42 Å². The monoisotopic (exact) mass is 374 g/mol. The number of nitrogens with one attached hydrogen (secondary N) is 2. The van der Waals surface area contributed by atoms with Gasteiger partial charge in [0.1, 0.15) is 0 Å². The van der Waals surface area contributed by atoms with E-state index < -0.39 is 0 Å². The van der Waals surface area contributed by atoms with Gasteiger partial charge in [-0.25, -0.2) is 4.98 Å². The van der Waals surface area contributed by atoms with Gasteiger partial charge >= 0.3 is 0 Å². The first kappa shape index (κ1) is 16.9. The molecule has 7 heteroatoms. The maximum atomic E-state index is 13.0. The Kier molecular flexibility index (Phi) is 4.09. The molecule has 1 amide bonds. The zero-order valence-electron chi connectivity index (χ0n) is 15.8.